The largest absolute Gasteiger partial charge is 0.302 e. The van der Waals surface area contributed by atoms with Crippen LogP contribution in [0.25, 0.3) is 16.4 Å². The molecular weight excluding hydrogens is 460 g/mol. The van der Waals surface area contributed by atoms with Crippen LogP contribution >= 0.6 is 11.6 Å². The number of rotatable bonds is 6. The first kappa shape index (κ1) is 22.7. The molecule has 2 fully saturated rings. The van der Waals surface area contributed by atoms with Gasteiger partial charge < -0.3 is 4.90 Å². The molecule has 7 nitrogen and oxygen atoms in total. The molecule has 4 aromatic rings. The van der Waals surface area contributed by atoms with Crippen molar-refractivity contribution in [2.75, 3.05) is 19.6 Å². The zero-order valence-corrected chi connectivity index (χ0v) is 21.3. The fourth-order valence-corrected chi connectivity index (χ4v) is 6.81. The van der Waals surface area contributed by atoms with Crippen molar-refractivity contribution in [2.24, 2.45) is 24.3 Å². The van der Waals surface area contributed by atoms with Crippen molar-refractivity contribution in [3.63, 3.8) is 0 Å². The molecular formula is C27H31ClN6O. The molecule has 1 atom stereocenters. The molecule has 3 aromatic heterocycles. The van der Waals surface area contributed by atoms with Crippen molar-refractivity contribution in [2.45, 2.75) is 39.5 Å². The lowest BCUT2D eigenvalue weighted by Crippen LogP contribution is -2.63. The second-order valence-corrected chi connectivity index (χ2v) is 11.5. The van der Waals surface area contributed by atoms with Gasteiger partial charge in [-0.25, -0.2) is 4.68 Å². The summed E-state index contributed by atoms with van der Waals surface area (Å²) in [6.07, 6.45) is 10.3. The first-order chi connectivity index (χ1) is 16.8. The zero-order chi connectivity index (χ0) is 24.3. The Labute approximate surface area is 209 Å². The van der Waals surface area contributed by atoms with Crippen LogP contribution in [0.15, 0.2) is 41.7 Å². The first-order valence-electron chi connectivity index (χ1n) is 12.4. The van der Waals surface area contributed by atoms with E-state index in [9.17, 15) is 4.79 Å². The SMILES string of the molecule is Cc1cn2cnnc2cc1C[C@H](C)CN1CC2(CC(Cc3ccc(Cl)c4c(=O)n(C)ncc34)C2)C1. The standard InChI is InChI=1S/C27H31ClN6O/c1-17(6-21-8-24-31-29-16-34(24)13-18(21)2)12-33-14-27(15-33)9-19(10-27)7-20-4-5-23(28)25-22(20)11-30-32(3)26(25)35/h4-5,8,11,13,16-17,19H,6-7,9-10,12,14-15H2,1-3H3/t17-/m0/s1. The summed E-state index contributed by atoms with van der Waals surface area (Å²) in [7, 11) is 1.67. The lowest BCUT2D eigenvalue weighted by atomic mass is 9.56. The minimum Gasteiger partial charge on any atom is -0.302 e. The Morgan fingerprint density at radius 3 is 2.83 bits per heavy atom. The first-order valence-corrected chi connectivity index (χ1v) is 12.8. The maximum Gasteiger partial charge on any atom is 0.275 e. The Morgan fingerprint density at radius 2 is 2.03 bits per heavy atom. The van der Waals surface area contributed by atoms with E-state index in [-0.39, 0.29) is 5.56 Å². The normalized spacial score (nSPS) is 18.7. The van der Waals surface area contributed by atoms with Gasteiger partial charge in [0, 0.05) is 38.3 Å². The summed E-state index contributed by atoms with van der Waals surface area (Å²) in [5.41, 5.74) is 5.16. The van der Waals surface area contributed by atoms with Crippen molar-refractivity contribution >= 4 is 28.0 Å². The van der Waals surface area contributed by atoms with Crippen LogP contribution in [0.4, 0.5) is 0 Å². The van der Waals surface area contributed by atoms with Gasteiger partial charge in [-0.15, -0.1) is 10.2 Å². The average Bonchev–Trinajstić information content (AvgIpc) is 3.21. The Bertz CT molecular complexity index is 1480. The van der Waals surface area contributed by atoms with Crippen molar-refractivity contribution in [3.8, 4) is 0 Å². The Hall–Kier alpha value is -2.77. The summed E-state index contributed by atoms with van der Waals surface area (Å²) < 4.78 is 3.34. The molecule has 1 aliphatic carbocycles. The van der Waals surface area contributed by atoms with Crippen molar-refractivity contribution in [1.29, 1.82) is 0 Å². The highest BCUT2D eigenvalue weighted by Gasteiger charge is 2.51. The summed E-state index contributed by atoms with van der Waals surface area (Å²) in [5.74, 6) is 1.27. The number of hydrogen-bond acceptors (Lipinski definition) is 5. The molecule has 1 saturated carbocycles. The number of fused-ring (bicyclic) bond motifs is 2. The molecule has 8 heteroatoms. The molecule has 1 aliphatic heterocycles. The highest BCUT2D eigenvalue weighted by molar-refractivity contribution is 6.35. The average molecular weight is 491 g/mol. The van der Waals surface area contributed by atoms with Crippen LogP contribution in [0.1, 0.15) is 36.5 Å². The van der Waals surface area contributed by atoms with E-state index < -0.39 is 0 Å². The number of nitrogens with zero attached hydrogens (tertiary/aromatic N) is 6. The smallest absolute Gasteiger partial charge is 0.275 e. The Kier molecular flexibility index (Phi) is 5.45. The molecule has 182 valence electrons. The molecule has 0 unspecified atom stereocenters. The molecule has 6 rings (SSSR count). The van der Waals surface area contributed by atoms with Crippen LogP contribution in [-0.4, -0.2) is 48.9 Å². The summed E-state index contributed by atoms with van der Waals surface area (Å²) in [6, 6.07) is 6.12. The maximum atomic E-state index is 12.5. The number of hydrogen-bond donors (Lipinski definition) is 0. The fourth-order valence-electron chi connectivity index (χ4n) is 6.56. The van der Waals surface area contributed by atoms with Gasteiger partial charge in [0.1, 0.15) is 6.33 Å². The minimum atomic E-state index is -0.125. The van der Waals surface area contributed by atoms with E-state index in [0.717, 1.165) is 30.4 Å². The third-order valence-electron chi connectivity index (χ3n) is 8.10. The van der Waals surface area contributed by atoms with E-state index in [2.05, 4.69) is 52.4 Å². The van der Waals surface area contributed by atoms with Gasteiger partial charge >= 0.3 is 0 Å². The van der Waals surface area contributed by atoms with E-state index in [1.54, 1.807) is 19.6 Å². The summed E-state index contributed by atoms with van der Waals surface area (Å²) in [5, 5.41) is 14.4. The Balaban J connectivity index is 1.03. The van der Waals surface area contributed by atoms with Gasteiger partial charge in [-0.05, 0) is 78.7 Å². The van der Waals surface area contributed by atoms with Crippen LogP contribution in [0.2, 0.25) is 5.02 Å². The number of likely N-dealkylation sites (tertiary alicyclic amines) is 1. The summed E-state index contributed by atoms with van der Waals surface area (Å²) in [6.45, 7) is 8.08. The number of pyridine rings is 1. The van der Waals surface area contributed by atoms with Crippen LogP contribution in [0, 0.1) is 24.2 Å². The number of benzene rings is 1. The van der Waals surface area contributed by atoms with Gasteiger partial charge in [0.2, 0.25) is 0 Å². The molecule has 2 aliphatic rings. The van der Waals surface area contributed by atoms with Crippen LogP contribution < -0.4 is 5.56 Å². The third kappa shape index (κ3) is 4.04. The molecule has 0 N–H and O–H groups in total. The van der Waals surface area contributed by atoms with Gasteiger partial charge in [0.15, 0.2) is 5.65 Å². The third-order valence-corrected chi connectivity index (χ3v) is 8.42. The second kappa shape index (κ2) is 8.42. The van der Waals surface area contributed by atoms with E-state index in [4.69, 9.17) is 11.6 Å². The summed E-state index contributed by atoms with van der Waals surface area (Å²) in [4.78, 5) is 15.2. The minimum absolute atomic E-state index is 0.125. The molecule has 35 heavy (non-hydrogen) atoms. The number of aromatic nitrogens is 5. The van der Waals surface area contributed by atoms with Crippen LogP contribution in [-0.2, 0) is 19.9 Å². The van der Waals surface area contributed by atoms with Crippen LogP contribution in [0.5, 0.6) is 0 Å². The second-order valence-electron chi connectivity index (χ2n) is 11.1. The topological polar surface area (TPSA) is 68.3 Å². The molecule has 0 radical (unpaired) electrons. The van der Waals surface area contributed by atoms with Gasteiger partial charge in [-0.1, -0.05) is 24.6 Å². The molecule has 1 spiro atoms. The number of halogens is 1. The van der Waals surface area contributed by atoms with Gasteiger partial charge in [-0.3, -0.25) is 9.20 Å². The lowest BCUT2D eigenvalue weighted by molar-refractivity contribution is -0.0979. The van der Waals surface area contributed by atoms with E-state index in [1.807, 2.05) is 10.5 Å². The van der Waals surface area contributed by atoms with E-state index in [1.165, 1.54) is 47.3 Å². The maximum absolute atomic E-state index is 12.5. The Morgan fingerprint density at radius 1 is 1.23 bits per heavy atom. The zero-order valence-electron chi connectivity index (χ0n) is 20.5. The van der Waals surface area contributed by atoms with Crippen molar-refractivity contribution in [3.05, 3.63) is 69.0 Å². The van der Waals surface area contributed by atoms with E-state index >= 15 is 0 Å². The van der Waals surface area contributed by atoms with E-state index in [0.29, 0.717) is 27.7 Å². The van der Waals surface area contributed by atoms with Crippen LogP contribution in [0.3, 0.4) is 0 Å². The van der Waals surface area contributed by atoms with Gasteiger partial charge in [-0.2, -0.15) is 5.10 Å². The van der Waals surface area contributed by atoms with Gasteiger partial charge in [0.25, 0.3) is 5.56 Å². The molecule has 0 bridgehead atoms. The predicted molar refractivity (Wildman–Crippen MR) is 138 cm³/mol. The van der Waals surface area contributed by atoms with Crippen molar-refractivity contribution in [1.82, 2.24) is 29.3 Å². The highest BCUT2D eigenvalue weighted by atomic mass is 35.5. The predicted octanol–water partition coefficient (Wildman–Crippen LogP) is 4.07. The number of aryl methyl sites for hydroxylation is 2. The molecule has 1 saturated heterocycles. The quantitative estimate of drug-likeness (QED) is 0.407. The lowest BCUT2D eigenvalue weighted by Gasteiger charge is -2.60. The van der Waals surface area contributed by atoms with Gasteiger partial charge in [0.05, 0.1) is 16.6 Å². The molecule has 1 aromatic carbocycles. The molecule has 0 amide bonds. The summed E-state index contributed by atoms with van der Waals surface area (Å²) >= 11 is 6.35. The molecule has 4 heterocycles. The van der Waals surface area contributed by atoms with Crippen molar-refractivity contribution < 1.29 is 0 Å². The fraction of sp³-hybridized carbons (Fsp3) is 0.481. The monoisotopic (exact) mass is 490 g/mol. The highest BCUT2D eigenvalue weighted by Crippen LogP contribution is 2.53.